The minimum absolute atomic E-state index is 0.0120. The summed E-state index contributed by atoms with van der Waals surface area (Å²) in [6, 6.07) is 7.71. The van der Waals surface area contributed by atoms with Crippen molar-refractivity contribution >= 4 is 5.91 Å². The van der Waals surface area contributed by atoms with Crippen LogP contribution in [0.1, 0.15) is 44.2 Å². The van der Waals surface area contributed by atoms with Gasteiger partial charge in [-0.05, 0) is 43.9 Å². The van der Waals surface area contributed by atoms with Gasteiger partial charge >= 0.3 is 0 Å². The Morgan fingerprint density at radius 3 is 2.53 bits per heavy atom. The van der Waals surface area contributed by atoms with Gasteiger partial charge in [0, 0.05) is 12.0 Å². The fourth-order valence-corrected chi connectivity index (χ4v) is 2.40. The highest BCUT2D eigenvalue weighted by atomic mass is 16.5. The molecule has 4 heteroatoms. The van der Waals surface area contributed by atoms with E-state index in [1.54, 1.807) is 7.11 Å². The van der Waals surface area contributed by atoms with E-state index in [9.17, 15) is 4.79 Å². The molecule has 0 radical (unpaired) electrons. The van der Waals surface area contributed by atoms with Crippen molar-refractivity contribution in [3.05, 3.63) is 29.8 Å². The molecule has 1 fully saturated rings. The summed E-state index contributed by atoms with van der Waals surface area (Å²) < 4.78 is 5.11. The zero-order valence-electron chi connectivity index (χ0n) is 11.6. The number of nitrogens with one attached hydrogen (secondary N) is 1. The minimum Gasteiger partial charge on any atom is -0.497 e. The largest absolute Gasteiger partial charge is 0.497 e. The lowest BCUT2D eigenvalue weighted by Gasteiger charge is -2.37. The lowest BCUT2D eigenvalue weighted by Crippen LogP contribution is -2.50. The molecule has 1 unspecified atom stereocenters. The maximum Gasteiger partial charge on any atom is 0.222 e. The van der Waals surface area contributed by atoms with Gasteiger partial charge in [0.25, 0.3) is 0 Å². The SMILES string of the molecule is COc1ccc(C(C)NC(=O)CC2(N)CCC2)cc1. The summed E-state index contributed by atoms with van der Waals surface area (Å²) in [5.74, 6) is 0.850. The van der Waals surface area contributed by atoms with E-state index in [1.807, 2.05) is 31.2 Å². The number of hydrogen-bond donors (Lipinski definition) is 2. The summed E-state index contributed by atoms with van der Waals surface area (Å²) in [6.07, 6.45) is 3.47. The molecule has 0 saturated heterocycles. The van der Waals surface area contributed by atoms with Crippen molar-refractivity contribution in [1.82, 2.24) is 5.32 Å². The van der Waals surface area contributed by atoms with Crippen LogP contribution in [0.5, 0.6) is 5.75 Å². The maximum absolute atomic E-state index is 11.9. The Morgan fingerprint density at radius 2 is 2.05 bits per heavy atom. The van der Waals surface area contributed by atoms with Gasteiger partial charge in [0.2, 0.25) is 5.91 Å². The van der Waals surface area contributed by atoms with Crippen LogP contribution in [0.2, 0.25) is 0 Å². The lowest BCUT2D eigenvalue weighted by atomic mass is 9.75. The highest BCUT2D eigenvalue weighted by Gasteiger charge is 2.34. The van der Waals surface area contributed by atoms with Gasteiger partial charge in [-0.3, -0.25) is 4.79 Å². The number of hydrogen-bond acceptors (Lipinski definition) is 3. The van der Waals surface area contributed by atoms with Crippen LogP contribution in [0, 0.1) is 0 Å². The van der Waals surface area contributed by atoms with Crippen LogP contribution in [0.3, 0.4) is 0 Å². The summed E-state index contributed by atoms with van der Waals surface area (Å²) in [5.41, 5.74) is 6.88. The Labute approximate surface area is 114 Å². The first kappa shape index (κ1) is 13.9. The second-order valence-corrected chi connectivity index (χ2v) is 5.46. The second-order valence-electron chi connectivity index (χ2n) is 5.46. The maximum atomic E-state index is 11.9. The monoisotopic (exact) mass is 262 g/mol. The third-order valence-electron chi connectivity index (χ3n) is 3.86. The van der Waals surface area contributed by atoms with Crippen LogP contribution < -0.4 is 15.8 Å². The van der Waals surface area contributed by atoms with Gasteiger partial charge in [0.05, 0.1) is 13.2 Å². The first-order chi connectivity index (χ1) is 9.02. The average Bonchev–Trinajstić information content (AvgIpc) is 2.36. The molecule has 1 aromatic rings. The number of rotatable bonds is 5. The molecule has 0 heterocycles. The fourth-order valence-electron chi connectivity index (χ4n) is 2.40. The summed E-state index contributed by atoms with van der Waals surface area (Å²) >= 11 is 0. The molecule has 1 atom stereocenters. The molecule has 4 nitrogen and oxygen atoms in total. The molecule has 1 aliphatic rings. The first-order valence-electron chi connectivity index (χ1n) is 6.75. The van der Waals surface area contributed by atoms with Crippen LogP contribution in [-0.2, 0) is 4.79 Å². The Morgan fingerprint density at radius 1 is 1.42 bits per heavy atom. The molecule has 2 rings (SSSR count). The van der Waals surface area contributed by atoms with Crippen LogP contribution in [0.15, 0.2) is 24.3 Å². The number of carbonyl (C=O) groups excluding carboxylic acids is 1. The van der Waals surface area contributed by atoms with E-state index < -0.39 is 0 Å². The molecule has 0 spiro atoms. The Hall–Kier alpha value is -1.55. The van der Waals surface area contributed by atoms with Gasteiger partial charge in [-0.2, -0.15) is 0 Å². The van der Waals surface area contributed by atoms with E-state index in [2.05, 4.69) is 5.32 Å². The molecule has 19 heavy (non-hydrogen) atoms. The molecule has 1 aromatic carbocycles. The third-order valence-corrected chi connectivity index (χ3v) is 3.86. The predicted octanol–water partition coefficient (Wildman–Crippen LogP) is 2.14. The van der Waals surface area contributed by atoms with Crippen LogP contribution in [-0.4, -0.2) is 18.6 Å². The number of ether oxygens (including phenoxy) is 1. The Kier molecular flexibility index (Phi) is 4.10. The fraction of sp³-hybridized carbons (Fsp3) is 0.533. The summed E-state index contributed by atoms with van der Waals surface area (Å²) in [4.78, 5) is 11.9. The van der Waals surface area contributed by atoms with Crippen LogP contribution in [0.4, 0.5) is 0 Å². The number of carbonyl (C=O) groups is 1. The zero-order chi connectivity index (χ0) is 13.9. The third kappa shape index (κ3) is 3.47. The standard InChI is InChI=1S/C15H22N2O2/c1-11(12-4-6-13(19-2)7-5-12)17-14(18)10-15(16)8-3-9-15/h4-7,11H,3,8-10,16H2,1-2H3,(H,17,18). The molecule has 0 bridgehead atoms. The van der Waals surface area contributed by atoms with E-state index in [4.69, 9.17) is 10.5 Å². The van der Waals surface area contributed by atoms with Crippen molar-refractivity contribution in [2.24, 2.45) is 5.73 Å². The van der Waals surface area contributed by atoms with Crippen LogP contribution >= 0.6 is 0 Å². The highest BCUT2D eigenvalue weighted by Crippen LogP contribution is 2.32. The molecule has 1 saturated carbocycles. The van der Waals surface area contributed by atoms with Crippen molar-refractivity contribution in [3.8, 4) is 5.75 Å². The highest BCUT2D eigenvalue weighted by molar-refractivity contribution is 5.77. The van der Waals surface area contributed by atoms with Crippen molar-refractivity contribution < 1.29 is 9.53 Å². The van der Waals surface area contributed by atoms with Crippen molar-refractivity contribution in [2.45, 2.75) is 44.2 Å². The Bertz CT molecular complexity index is 438. The van der Waals surface area contributed by atoms with Gasteiger partial charge in [0.1, 0.15) is 5.75 Å². The molecular weight excluding hydrogens is 240 g/mol. The topological polar surface area (TPSA) is 64.3 Å². The van der Waals surface area contributed by atoms with Gasteiger partial charge in [0.15, 0.2) is 0 Å². The van der Waals surface area contributed by atoms with Gasteiger partial charge in [-0.25, -0.2) is 0 Å². The molecule has 3 N–H and O–H groups in total. The summed E-state index contributed by atoms with van der Waals surface area (Å²) in [6.45, 7) is 1.98. The van der Waals surface area contributed by atoms with E-state index in [-0.39, 0.29) is 17.5 Å². The van der Waals surface area contributed by atoms with Gasteiger partial charge in [-0.1, -0.05) is 12.1 Å². The number of methoxy groups -OCH3 is 1. The number of amides is 1. The van der Waals surface area contributed by atoms with Gasteiger partial charge in [-0.15, -0.1) is 0 Å². The second kappa shape index (κ2) is 5.61. The quantitative estimate of drug-likeness (QED) is 0.854. The smallest absolute Gasteiger partial charge is 0.222 e. The molecule has 0 aromatic heterocycles. The first-order valence-corrected chi connectivity index (χ1v) is 6.75. The number of nitrogens with two attached hydrogens (primary N) is 1. The summed E-state index contributed by atoms with van der Waals surface area (Å²) in [7, 11) is 1.64. The van der Waals surface area contributed by atoms with Crippen molar-refractivity contribution in [1.29, 1.82) is 0 Å². The van der Waals surface area contributed by atoms with E-state index >= 15 is 0 Å². The number of benzene rings is 1. The average molecular weight is 262 g/mol. The van der Waals surface area contributed by atoms with Crippen LogP contribution in [0.25, 0.3) is 0 Å². The predicted molar refractivity (Wildman–Crippen MR) is 74.9 cm³/mol. The molecule has 0 aliphatic heterocycles. The summed E-state index contributed by atoms with van der Waals surface area (Å²) in [5, 5.41) is 3.00. The van der Waals surface area contributed by atoms with E-state index in [1.165, 1.54) is 0 Å². The normalized spacial score (nSPS) is 18.3. The zero-order valence-corrected chi connectivity index (χ0v) is 11.6. The minimum atomic E-state index is -0.260. The van der Waals surface area contributed by atoms with E-state index in [0.717, 1.165) is 30.6 Å². The lowest BCUT2D eigenvalue weighted by molar-refractivity contribution is -0.123. The van der Waals surface area contributed by atoms with Gasteiger partial charge < -0.3 is 15.8 Å². The molecular formula is C15H22N2O2. The van der Waals surface area contributed by atoms with Crippen molar-refractivity contribution in [2.75, 3.05) is 7.11 Å². The molecule has 104 valence electrons. The van der Waals surface area contributed by atoms with Crippen molar-refractivity contribution in [3.63, 3.8) is 0 Å². The Balaban J connectivity index is 1.88. The molecule has 1 amide bonds. The van der Waals surface area contributed by atoms with E-state index in [0.29, 0.717) is 6.42 Å². The molecule has 1 aliphatic carbocycles.